The number of alkyl halides is 2. The normalized spacial score (nSPS) is 18.6. The van der Waals surface area contributed by atoms with Gasteiger partial charge >= 0.3 is 5.92 Å². The minimum atomic E-state index is -3.52. The van der Waals surface area contributed by atoms with Crippen LogP contribution in [-0.2, 0) is 17.3 Å². The highest BCUT2D eigenvalue weighted by Crippen LogP contribution is 2.38. The number of carbonyl (C=O) groups excluding carboxylic acids is 1. The van der Waals surface area contributed by atoms with Crippen molar-refractivity contribution in [2.45, 2.75) is 12.5 Å². The standard InChI is InChI=1S/C9H6ClF2NO/c10-6-3-1-2-5-4-13-8(14)9(11,12)7(5)6/h1-3H,4H2,(H,13,14). The third-order valence-corrected chi connectivity index (χ3v) is 2.45. The first-order chi connectivity index (χ1) is 6.53. The SMILES string of the molecule is O=C1NCc2cccc(Cl)c2C1(F)F. The van der Waals surface area contributed by atoms with Crippen LogP contribution in [0, 0.1) is 0 Å². The second kappa shape index (κ2) is 2.92. The van der Waals surface area contributed by atoms with Gasteiger partial charge in [-0.15, -0.1) is 0 Å². The lowest BCUT2D eigenvalue weighted by atomic mass is 9.97. The number of amides is 1. The van der Waals surface area contributed by atoms with Crippen LogP contribution in [0.15, 0.2) is 18.2 Å². The van der Waals surface area contributed by atoms with Crippen molar-refractivity contribution in [3.8, 4) is 0 Å². The first-order valence-corrected chi connectivity index (χ1v) is 4.35. The van der Waals surface area contributed by atoms with Gasteiger partial charge in [-0.1, -0.05) is 23.7 Å². The zero-order valence-corrected chi connectivity index (χ0v) is 7.74. The van der Waals surface area contributed by atoms with E-state index in [1.165, 1.54) is 12.1 Å². The van der Waals surface area contributed by atoms with Crippen LogP contribution in [0.4, 0.5) is 8.78 Å². The number of hydrogen-bond donors (Lipinski definition) is 1. The van der Waals surface area contributed by atoms with E-state index in [2.05, 4.69) is 5.32 Å². The molecule has 2 rings (SSSR count). The molecule has 0 saturated carbocycles. The molecule has 0 aromatic heterocycles. The minimum Gasteiger partial charge on any atom is -0.346 e. The Bertz CT molecular complexity index is 406. The van der Waals surface area contributed by atoms with Crippen LogP contribution in [0.5, 0.6) is 0 Å². The maximum Gasteiger partial charge on any atom is 0.351 e. The molecule has 1 aliphatic rings. The van der Waals surface area contributed by atoms with E-state index in [1.807, 2.05) is 0 Å². The highest BCUT2D eigenvalue weighted by molar-refractivity contribution is 6.31. The summed E-state index contributed by atoms with van der Waals surface area (Å²) in [6, 6.07) is 4.45. The Kier molecular flexibility index (Phi) is 1.96. The van der Waals surface area contributed by atoms with Gasteiger partial charge in [-0.25, -0.2) is 0 Å². The molecule has 1 aliphatic heterocycles. The Hall–Kier alpha value is -1.16. The lowest BCUT2D eigenvalue weighted by molar-refractivity contribution is -0.148. The van der Waals surface area contributed by atoms with Gasteiger partial charge in [-0.3, -0.25) is 4.79 Å². The van der Waals surface area contributed by atoms with Crippen molar-refractivity contribution < 1.29 is 13.6 Å². The second-order valence-electron chi connectivity index (χ2n) is 3.03. The highest BCUT2D eigenvalue weighted by atomic mass is 35.5. The molecule has 0 unspecified atom stereocenters. The number of rotatable bonds is 0. The molecule has 1 N–H and O–H groups in total. The molecule has 1 amide bonds. The smallest absolute Gasteiger partial charge is 0.346 e. The predicted molar refractivity (Wildman–Crippen MR) is 47.2 cm³/mol. The van der Waals surface area contributed by atoms with Crippen LogP contribution in [0.1, 0.15) is 11.1 Å². The number of hydrogen-bond acceptors (Lipinski definition) is 1. The van der Waals surface area contributed by atoms with Crippen LogP contribution < -0.4 is 5.32 Å². The highest BCUT2D eigenvalue weighted by Gasteiger charge is 2.46. The number of benzene rings is 1. The fraction of sp³-hybridized carbons (Fsp3) is 0.222. The summed E-state index contributed by atoms with van der Waals surface area (Å²) < 4.78 is 26.7. The lowest BCUT2D eigenvalue weighted by Gasteiger charge is -2.25. The molecule has 1 aromatic rings. The number of nitrogens with one attached hydrogen (secondary N) is 1. The fourth-order valence-corrected chi connectivity index (χ4v) is 1.78. The van der Waals surface area contributed by atoms with Crippen molar-refractivity contribution in [1.29, 1.82) is 0 Å². The van der Waals surface area contributed by atoms with Crippen LogP contribution in [0.25, 0.3) is 0 Å². The number of fused-ring (bicyclic) bond motifs is 1. The summed E-state index contributed by atoms with van der Waals surface area (Å²) in [5, 5.41) is 2.04. The summed E-state index contributed by atoms with van der Waals surface area (Å²) in [5.41, 5.74) is -0.00693. The summed E-state index contributed by atoms with van der Waals surface area (Å²) in [7, 11) is 0. The van der Waals surface area contributed by atoms with Gasteiger partial charge < -0.3 is 5.32 Å². The molecule has 0 spiro atoms. The molecule has 0 saturated heterocycles. The van der Waals surface area contributed by atoms with Gasteiger partial charge in [0, 0.05) is 6.54 Å². The molecule has 1 heterocycles. The van der Waals surface area contributed by atoms with Gasteiger partial charge in [-0.05, 0) is 11.6 Å². The summed E-state index contributed by atoms with van der Waals surface area (Å²) in [6.07, 6.45) is 0. The second-order valence-corrected chi connectivity index (χ2v) is 3.44. The lowest BCUT2D eigenvalue weighted by Crippen LogP contribution is -2.43. The average Bonchev–Trinajstić information content (AvgIpc) is 2.11. The molecule has 0 aliphatic carbocycles. The van der Waals surface area contributed by atoms with Gasteiger partial charge in [0.25, 0.3) is 5.91 Å². The van der Waals surface area contributed by atoms with Crippen LogP contribution in [0.2, 0.25) is 5.02 Å². The molecule has 0 radical (unpaired) electrons. The Balaban J connectivity index is 2.67. The van der Waals surface area contributed by atoms with Crippen molar-refractivity contribution in [3.63, 3.8) is 0 Å². The minimum absolute atomic E-state index is 0.0673. The van der Waals surface area contributed by atoms with E-state index in [0.717, 1.165) is 0 Å². The van der Waals surface area contributed by atoms with E-state index >= 15 is 0 Å². The van der Waals surface area contributed by atoms with Crippen molar-refractivity contribution in [3.05, 3.63) is 34.3 Å². The van der Waals surface area contributed by atoms with Crippen LogP contribution >= 0.6 is 11.6 Å². The summed E-state index contributed by atoms with van der Waals surface area (Å²) in [5.74, 6) is -4.82. The first kappa shape index (κ1) is 9.40. The number of carbonyl (C=O) groups is 1. The van der Waals surface area contributed by atoms with Gasteiger partial charge in [0.1, 0.15) is 0 Å². The van der Waals surface area contributed by atoms with Gasteiger partial charge in [-0.2, -0.15) is 8.78 Å². The summed E-state index contributed by atoms with van der Waals surface area (Å²) >= 11 is 5.63. The maximum absolute atomic E-state index is 13.4. The van der Waals surface area contributed by atoms with E-state index in [-0.39, 0.29) is 17.1 Å². The third kappa shape index (κ3) is 1.18. The third-order valence-electron chi connectivity index (χ3n) is 2.14. The monoisotopic (exact) mass is 217 g/mol. The largest absolute Gasteiger partial charge is 0.351 e. The van der Waals surface area contributed by atoms with E-state index in [0.29, 0.717) is 5.56 Å². The molecule has 2 nitrogen and oxygen atoms in total. The quantitative estimate of drug-likeness (QED) is 0.708. The van der Waals surface area contributed by atoms with Crippen molar-refractivity contribution >= 4 is 17.5 Å². The van der Waals surface area contributed by atoms with E-state index in [4.69, 9.17) is 11.6 Å². The van der Waals surface area contributed by atoms with Crippen molar-refractivity contribution in [1.82, 2.24) is 5.32 Å². The van der Waals surface area contributed by atoms with Gasteiger partial charge in [0.2, 0.25) is 0 Å². The zero-order valence-electron chi connectivity index (χ0n) is 6.98. The van der Waals surface area contributed by atoms with E-state index < -0.39 is 11.8 Å². The zero-order chi connectivity index (χ0) is 10.3. The van der Waals surface area contributed by atoms with Crippen LogP contribution in [-0.4, -0.2) is 5.91 Å². The Morgan fingerprint density at radius 3 is 2.86 bits per heavy atom. The maximum atomic E-state index is 13.4. The van der Waals surface area contributed by atoms with Crippen LogP contribution in [0.3, 0.4) is 0 Å². The molecule has 0 bridgehead atoms. The van der Waals surface area contributed by atoms with Gasteiger partial charge in [0.15, 0.2) is 0 Å². The summed E-state index contributed by atoms with van der Waals surface area (Å²) in [4.78, 5) is 10.9. The number of halogens is 3. The summed E-state index contributed by atoms with van der Waals surface area (Å²) in [6.45, 7) is 0.102. The average molecular weight is 218 g/mol. The first-order valence-electron chi connectivity index (χ1n) is 3.97. The Labute approximate surface area is 83.9 Å². The topological polar surface area (TPSA) is 29.1 Å². The van der Waals surface area contributed by atoms with Crippen molar-refractivity contribution in [2.24, 2.45) is 0 Å². The molecule has 14 heavy (non-hydrogen) atoms. The molecule has 74 valence electrons. The molecule has 5 heteroatoms. The molecular formula is C9H6ClF2NO. The molecule has 0 atom stereocenters. The Morgan fingerprint density at radius 1 is 1.43 bits per heavy atom. The van der Waals surface area contributed by atoms with Gasteiger partial charge in [0.05, 0.1) is 10.6 Å². The molecule has 1 aromatic carbocycles. The fourth-order valence-electron chi connectivity index (χ4n) is 1.47. The van der Waals surface area contributed by atoms with Crippen molar-refractivity contribution in [2.75, 3.05) is 0 Å². The predicted octanol–water partition coefficient (Wildman–Crippen LogP) is 2.06. The molecule has 0 fully saturated rings. The molecular weight excluding hydrogens is 212 g/mol. The Morgan fingerprint density at radius 2 is 2.14 bits per heavy atom. The van der Waals surface area contributed by atoms with E-state index in [9.17, 15) is 13.6 Å². The van der Waals surface area contributed by atoms with E-state index in [1.54, 1.807) is 6.07 Å².